The lowest BCUT2D eigenvalue weighted by Crippen LogP contribution is -2.15. The molecule has 24 heavy (non-hydrogen) atoms. The van der Waals surface area contributed by atoms with Crippen molar-refractivity contribution < 1.29 is 9.53 Å². The minimum Gasteiger partial charge on any atom is -0.495 e. The Balaban J connectivity index is 1.68. The zero-order chi connectivity index (χ0) is 16.9. The van der Waals surface area contributed by atoms with Crippen molar-refractivity contribution in [2.75, 3.05) is 12.4 Å². The van der Waals surface area contributed by atoms with Crippen LogP contribution < -0.4 is 10.1 Å². The second kappa shape index (κ2) is 7.23. The molecule has 0 unspecified atom stereocenters. The second-order valence-electron chi connectivity index (χ2n) is 5.33. The number of ether oxygens (including phenoxy) is 1. The maximum absolute atomic E-state index is 12.3. The number of methoxy groups -OCH3 is 1. The third kappa shape index (κ3) is 3.78. The summed E-state index contributed by atoms with van der Waals surface area (Å²) >= 11 is 5.97. The molecule has 1 amide bonds. The van der Waals surface area contributed by atoms with Crippen molar-refractivity contribution in [2.45, 2.75) is 6.42 Å². The highest BCUT2D eigenvalue weighted by molar-refractivity contribution is 6.31. The Morgan fingerprint density at radius 1 is 1.12 bits per heavy atom. The van der Waals surface area contributed by atoms with Crippen LogP contribution in [-0.2, 0) is 11.2 Å². The quantitative estimate of drug-likeness (QED) is 0.751. The maximum atomic E-state index is 12.3. The smallest absolute Gasteiger partial charge is 0.228 e. The van der Waals surface area contributed by atoms with Gasteiger partial charge in [-0.2, -0.15) is 0 Å². The van der Waals surface area contributed by atoms with E-state index in [1.54, 1.807) is 25.3 Å². The molecule has 0 bridgehead atoms. The SMILES string of the molecule is COc1ccc(Cl)cc1NC(=O)Cc1ccc(-n2cccc2)cc1. The van der Waals surface area contributed by atoms with Gasteiger partial charge in [0.25, 0.3) is 0 Å². The Morgan fingerprint density at radius 2 is 1.83 bits per heavy atom. The summed E-state index contributed by atoms with van der Waals surface area (Å²) in [7, 11) is 1.55. The van der Waals surface area contributed by atoms with Crippen molar-refractivity contribution in [1.82, 2.24) is 4.57 Å². The van der Waals surface area contributed by atoms with E-state index in [2.05, 4.69) is 5.32 Å². The third-order valence-corrected chi connectivity index (χ3v) is 3.87. The molecule has 3 rings (SSSR count). The molecule has 3 aromatic rings. The van der Waals surface area contributed by atoms with E-state index >= 15 is 0 Å². The molecular weight excluding hydrogens is 324 g/mol. The van der Waals surface area contributed by atoms with Crippen LogP contribution in [0.4, 0.5) is 5.69 Å². The molecule has 0 atom stereocenters. The van der Waals surface area contributed by atoms with E-state index in [-0.39, 0.29) is 12.3 Å². The predicted molar refractivity (Wildman–Crippen MR) is 96.1 cm³/mol. The number of hydrogen-bond donors (Lipinski definition) is 1. The summed E-state index contributed by atoms with van der Waals surface area (Å²) in [5, 5.41) is 3.38. The molecule has 0 spiro atoms. The Kier molecular flexibility index (Phi) is 4.87. The van der Waals surface area contributed by atoms with Crippen molar-refractivity contribution in [3.05, 3.63) is 77.6 Å². The van der Waals surface area contributed by atoms with Crippen LogP contribution in [0, 0.1) is 0 Å². The lowest BCUT2D eigenvalue weighted by molar-refractivity contribution is -0.115. The van der Waals surface area contributed by atoms with Gasteiger partial charge in [-0.25, -0.2) is 0 Å². The molecule has 1 aromatic heterocycles. The fraction of sp³-hybridized carbons (Fsp3) is 0.105. The number of nitrogens with one attached hydrogen (secondary N) is 1. The van der Waals surface area contributed by atoms with E-state index in [1.807, 2.05) is 53.4 Å². The minimum atomic E-state index is -0.121. The van der Waals surface area contributed by atoms with Gasteiger partial charge in [-0.1, -0.05) is 23.7 Å². The number of halogens is 1. The van der Waals surface area contributed by atoms with Crippen LogP contribution in [-0.4, -0.2) is 17.6 Å². The van der Waals surface area contributed by atoms with E-state index in [9.17, 15) is 4.79 Å². The van der Waals surface area contributed by atoms with E-state index in [4.69, 9.17) is 16.3 Å². The average Bonchev–Trinajstić information content (AvgIpc) is 3.10. The van der Waals surface area contributed by atoms with Crippen LogP contribution in [0.25, 0.3) is 5.69 Å². The first kappa shape index (κ1) is 16.1. The van der Waals surface area contributed by atoms with E-state index in [0.717, 1.165) is 11.3 Å². The number of carbonyl (C=O) groups is 1. The van der Waals surface area contributed by atoms with Crippen molar-refractivity contribution in [2.24, 2.45) is 0 Å². The van der Waals surface area contributed by atoms with E-state index in [0.29, 0.717) is 16.5 Å². The Labute approximate surface area is 145 Å². The van der Waals surface area contributed by atoms with Crippen molar-refractivity contribution in [3.8, 4) is 11.4 Å². The van der Waals surface area contributed by atoms with Crippen molar-refractivity contribution >= 4 is 23.2 Å². The topological polar surface area (TPSA) is 43.3 Å². The number of rotatable bonds is 5. The minimum absolute atomic E-state index is 0.121. The molecule has 5 heteroatoms. The summed E-state index contributed by atoms with van der Waals surface area (Å²) < 4.78 is 7.25. The summed E-state index contributed by atoms with van der Waals surface area (Å²) in [4.78, 5) is 12.3. The third-order valence-electron chi connectivity index (χ3n) is 3.64. The fourth-order valence-electron chi connectivity index (χ4n) is 2.45. The van der Waals surface area contributed by atoms with Gasteiger partial charge in [0.05, 0.1) is 19.2 Å². The number of aromatic nitrogens is 1. The number of anilines is 1. The Hall–Kier alpha value is -2.72. The average molecular weight is 341 g/mol. The molecule has 1 N–H and O–H groups in total. The molecule has 0 fully saturated rings. The molecule has 0 aliphatic rings. The number of benzene rings is 2. The van der Waals surface area contributed by atoms with Gasteiger partial charge in [0.15, 0.2) is 0 Å². The highest BCUT2D eigenvalue weighted by Gasteiger charge is 2.09. The molecule has 0 radical (unpaired) electrons. The number of amides is 1. The fourth-order valence-corrected chi connectivity index (χ4v) is 2.62. The number of carbonyl (C=O) groups excluding carboxylic acids is 1. The summed E-state index contributed by atoms with van der Waals surface area (Å²) in [5.74, 6) is 0.458. The Bertz CT molecular complexity index is 827. The molecule has 2 aromatic carbocycles. The lowest BCUT2D eigenvalue weighted by atomic mass is 10.1. The molecule has 0 saturated heterocycles. The molecule has 0 saturated carbocycles. The molecular formula is C19H17ClN2O2. The summed E-state index contributed by atoms with van der Waals surface area (Å²) in [5.41, 5.74) is 2.56. The molecule has 0 aliphatic carbocycles. The van der Waals surface area contributed by atoms with Crippen LogP contribution in [0.15, 0.2) is 67.0 Å². The highest BCUT2D eigenvalue weighted by Crippen LogP contribution is 2.27. The molecule has 4 nitrogen and oxygen atoms in total. The lowest BCUT2D eigenvalue weighted by Gasteiger charge is -2.11. The van der Waals surface area contributed by atoms with Crippen LogP contribution in [0.5, 0.6) is 5.75 Å². The van der Waals surface area contributed by atoms with Crippen molar-refractivity contribution in [1.29, 1.82) is 0 Å². The second-order valence-corrected chi connectivity index (χ2v) is 5.76. The normalized spacial score (nSPS) is 10.4. The molecule has 1 heterocycles. The van der Waals surface area contributed by atoms with Crippen molar-refractivity contribution in [3.63, 3.8) is 0 Å². The van der Waals surface area contributed by atoms with Gasteiger partial charge in [0, 0.05) is 23.1 Å². The summed E-state index contributed by atoms with van der Waals surface area (Å²) in [6, 6.07) is 16.9. The van der Waals surface area contributed by atoms with Gasteiger partial charge >= 0.3 is 0 Å². The zero-order valence-electron chi connectivity index (χ0n) is 13.2. The first-order chi connectivity index (χ1) is 11.7. The first-order valence-electron chi connectivity index (χ1n) is 7.51. The van der Waals surface area contributed by atoms with Crippen LogP contribution in [0.2, 0.25) is 5.02 Å². The van der Waals surface area contributed by atoms with E-state index in [1.165, 1.54) is 0 Å². The molecule has 0 aliphatic heterocycles. The van der Waals surface area contributed by atoms with Gasteiger partial charge in [-0.15, -0.1) is 0 Å². The van der Waals surface area contributed by atoms with Gasteiger partial charge in [-0.05, 0) is 48.0 Å². The van der Waals surface area contributed by atoms with Crippen LogP contribution >= 0.6 is 11.6 Å². The first-order valence-corrected chi connectivity index (χ1v) is 7.89. The van der Waals surface area contributed by atoms with Gasteiger partial charge < -0.3 is 14.6 Å². The number of hydrogen-bond acceptors (Lipinski definition) is 2. The largest absolute Gasteiger partial charge is 0.495 e. The Morgan fingerprint density at radius 3 is 2.50 bits per heavy atom. The van der Waals surface area contributed by atoms with Crippen LogP contribution in [0.3, 0.4) is 0 Å². The molecule has 122 valence electrons. The number of nitrogens with zero attached hydrogens (tertiary/aromatic N) is 1. The zero-order valence-corrected chi connectivity index (χ0v) is 14.0. The van der Waals surface area contributed by atoms with Gasteiger partial charge in [-0.3, -0.25) is 4.79 Å². The standard InChI is InChI=1S/C19H17ClN2O2/c1-24-18-9-6-15(20)13-17(18)21-19(23)12-14-4-7-16(8-5-14)22-10-2-3-11-22/h2-11,13H,12H2,1H3,(H,21,23). The monoisotopic (exact) mass is 340 g/mol. The maximum Gasteiger partial charge on any atom is 0.228 e. The predicted octanol–water partition coefficient (Wildman–Crippen LogP) is 4.32. The highest BCUT2D eigenvalue weighted by atomic mass is 35.5. The van der Waals surface area contributed by atoms with E-state index < -0.39 is 0 Å². The van der Waals surface area contributed by atoms with Gasteiger partial charge in [0.2, 0.25) is 5.91 Å². The van der Waals surface area contributed by atoms with Gasteiger partial charge in [0.1, 0.15) is 5.75 Å². The summed E-state index contributed by atoms with van der Waals surface area (Å²) in [6.07, 6.45) is 4.24. The van der Waals surface area contributed by atoms with Crippen LogP contribution in [0.1, 0.15) is 5.56 Å². The summed E-state index contributed by atoms with van der Waals surface area (Å²) in [6.45, 7) is 0.